The molecule has 8 heteroatoms. The molecule has 0 aromatic carbocycles. The molecule has 1 aromatic rings. The number of rotatable bonds is 7. The van der Waals surface area contributed by atoms with Crippen molar-refractivity contribution < 1.29 is 27.8 Å². The summed E-state index contributed by atoms with van der Waals surface area (Å²) in [5, 5.41) is 9.53. The molecule has 5 nitrogen and oxygen atoms in total. The number of hydrogen-bond acceptors (Lipinski definition) is 4. The van der Waals surface area contributed by atoms with Gasteiger partial charge in [-0.1, -0.05) is 6.07 Å². The van der Waals surface area contributed by atoms with Gasteiger partial charge in [0.05, 0.1) is 12.7 Å². The van der Waals surface area contributed by atoms with Crippen LogP contribution in [-0.4, -0.2) is 60.0 Å². The van der Waals surface area contributed by atoms with E-state index >= 15 is 0 Å². The molecule has 1 atom stereocenters. The second-order valence-electron chi connectivity index (χ2n) is 4.43. The van der Waals surface area contributed by atoms with Crippen molar-refractivity contribution in [1.82, 2.24) is 9.88 Å². The van der Waals surface area contributed by atoms with Crippen molar-refractivity contribution >= 4 is 5.91 Å². The summed E-state index contributed by atoms with van der Waals surface area (Å²) in [4.78, 5) is 15.9. The molecule has 0 aliphatic rings. The molecule has 1 rings (SSSR count). The minimum atomic E-state index is -4.98. The molecule has 1 N–H and O–H groups in total. The van der Waals surface area contributed by atoms with Gasteiger partial charge in [0, 0.05) is 38.5 Å². The monoisotopic (exact) mass is 306 g/mol. The van der Waals surface area contributed by atoms with Gasteiger partial charge in [0.2, 0.25) is 0 Å². The second-order valence-corrected chi connectivity index (χ2v) is 4.43. The maximum Gasteiger partial charge on any atom is 0.471 e. The van der Waals surface area contributed by atoms with Crippen LogP contribution in [0, 0.1) is 0 Å². The van der Waals surface area contributed by atoms with E-state index in [0.29, 0.717) is 10.6 Å². The quantitative estimate of drug-likeness (QED) is 0.817. The summed E-state index contributed by atoms with van der Waals surface area (Å²) in [7, 11) is 1.31. The molecule has 21 heavy (non-hydrogen) atoms. The zero-order valence-corrected chi connectivity index (χ0v) is 11.5. The number of carbonyl (C=O) groups is 1. The number of halogens is 3. The van der Waals surface area contributed by atoms with Crippen LogP contribution in [-0.2, 0) is 16.0 Å². The van der Waals surface area contributed by atoms with E-state index in [1.165, 1.54) is 13.3 Å². The number of amides is 1. The first-order valence-electron chi connectivity index (χ1n) is 6.27. The lowest BCUT2D eigenvalue weighted by Crippen LogP contribution is -2.46. The van der Waals surface area contributed by atoms with Gasteiger partial charge in [-0.15, -0.1) is 0 Å². The van der Waals surface area contributed by atoms with E-state index in [2.05, 4.69) is 9.72 Å². The molecule has 0 bridgehead atoms. The van der Waals surface area contributed by atoms with Gasteiger partial charge >= 0.3 is 12.1 Å². The minimum Gasteiger partial charge on any atom is -0.389 e. The van der Waals surface area contributed by atoms with Gasteiger partial charge in [-0.05, 0) is 12.1 Å². The predicted octanol–water partition coefficient (Wildman–Crippen LogP) is 1.02. The van der Waals surface area contributed by atoms with E-state index in [9.17, 15) is 23.1 Å². The van der Waals surface area contributed by atoms with Gasteiger partial charge in [0.1, 0.15) is 0 Å². The van der Waals surface area contributed by atoms with E-state index in [-0.39, 0.29) is 19.6 Å². The number of nitrogens with zero attached hydrogens (tertiary/aromatic N) is 2. The van der Waals surface area contributed by atoms with Crippen LogP contribution in [0.4, 0.5) is 13.2 Å². The average Bonchev–Trinajstić information content (AvgIpc) is 2.43. The average molecular weight is 306 g/mol. The second kappa shape index (κ2) is 7.94. The molecule has 1 heterocycles. The molecule has 0 spiro atoms. The summed E-state index contributed by atoms with van der Waals surface area (Å²) >= 11 is 0. The lowest BCUT2D eigenvalue weighted by molar-refractivity contribution is -0.186. The van der Waals surface area contributed by atoms with Gasteiger partial charge in [0.15, 0.2) is 0 Å². The van der Waals surface area contributed by atoms with Crippen molar-refractivity contribution in [3.05, 3.63) is 30.1 Å². The van der Waals surface area contributed by atoms with Crippen molar-refractivity contribution in [2.75, 3.05) is 26.8 Å². The summed E-state index contributed by atoms with van der Waals surface area (Å²) in [6.45, 7) is -0.777. The number of aliphatic hydroxyl groups excluding tert-OH is 1. The lowest BCUT2D eigenvalue weighted by atomic mass is 10.2. The van der Waals surface area contributed by atoms with E-state index in [0.717, 1.165) is 0 Å². The maximum atomic E-state index is 12.5. The molecule has 1 amide bonds. The number of pyridine rings is 1. The molecule has 0 fully saturated rings. The normalized spacial score (nSPS) is 13.0. The molecule has 0 aliphatic heterocycles. The van der Waals surface area contributed by atoms with Gasteiger partial charge in [0.25, 0.3) is 0 Å². The fraction of sp³-hybridized carbons (Fsp3) is 0.538. The van der Waals surface area contributed by atoms with Crippen LogP contribution >= 0.6 is 0 Å². The largest absolute Gasteiger partial charge is 0.471 e. The van der Waals surface area contributed by atoms with Gasteiger partial charge in [-0.25, -0.2) is 0 Å². The smallest absolute Gasteiger partial charge is 0.389 e. The summed E-state index contributed by atoms with van der Waals surface area (Å²) in [6, 6.07) is 5.05. The van der Waals surface area contributed by atoms with Crippen molar-refractivity contribution in [2.24, 2.45) is 0 Å². The van der Waals surface area contributed by atoms with Crippen molar-refractivity contribution in [3.63, 3.8) is 0 Å². The molecule has 0 saturated carbocycles. The number of alkyl halides is 3. The molecule has 118 valence electrons. The summed E-state index contributed by atoms with van der Waals surface area (Å²) in [6.07, 6.45) is -4.46. The fourth-order valence-electron chi connectivity index (χ4n) is 1.75. The zero-order chi connectivity index (χ0) is 15.9. The Morgan fingerprint density at radius 3 is 2.71 bits per heavy atom. The number of aliphatic hydroxyl groups is 1. The highest BCUT2D eigenvalue weighted by Gasteiger charge is 2.42. The SMILES string of the molecule is COC[C@H](O)CN(CCc1ccccn1)C(=O)C(F)(F)F. The fourth-order valence-corrected chi connectivity index (χ4v) is 1.75. The third-order valence-electron chi connectivity index (χ3n) is 2.68. The van der Waals surface area contributed by atoms with E-state index in [1.807, 2.05) is 0 Å². The van der Waals surface area contributed by atoms with Crippen LogP contribution in [0.1, 0.15) is 5.69 Å². The van der Waals surface area contributed by atoms with Crippen LogP contribution in [0.15, 0.2) is 24.4 Å². The van der Waals surface area contributed by atoms with Crippen molar-refractivity contribution in [3.8, 4) is 0 Å². The third-order valence-corrected chi connectivity index (χ3v) is 2.68. The molecule has 1 aromatic heterocycles. The summed E-state index contributed by atoms with van der Waals surface area (Å²) in [5.41, 5.74) is 0.568. The molecule has 0 unspecified atom stereocenters. The number of ether oxygens (including phenoxy) is 1. The van der Waals surface area contributed by atoms with Crippen LogP contribution in [0.2, 0.25) is 0 Å². The number of carbonyl (C=O) groups excluding carboxylic acids is 1. The highest BCUT2D eigenvalue weighted by atomic mass is 19.4. The van der Waals surface area contributed by atoms with E-state index in [4.69, 9.17) is 0 Å². The topological polar surface area (TPSA) is 62.7 Å². The maximum absolute atomic E-state index is 12.5. The van der Waals surface area contributed by atoms with Crippen LogP contribution < -0.4 is 0 Å². The predicted molar refractivity (Wildman–Crippen MR) is 68.5 cm³/mol. The molecule has 0 aliphatic carbocycles. The third kappa shape index (κ3) is 6.09. The zero-order valence-electron chi connectivity index (χ0n) is 11.5. The molecular formula is C13H17F3N2O3. The first-order valence-corrected chi connectivity index (χ1v) is 6.27. The minimum absolute atomic E-state index is 0.148. The first kappa shape index (κ1) is 17.4. The number of aromatic nitrogens is 1. The van der Waals surface area contributed by atoms with Gasteiger partial charge in [-0.3, -0.25) is 9.78 Å². The lowest BCUT2D eigenvalue weighted by Gasteiger charge is -2.25. The van der Waals surface area contributed by atoms with Crippen LogP contribution in [0.3, 0.4) is 0 Å². The summed E-state index contributed by atoms with van der Waals surface area (Å²) in [5.74, 6) is -1.98. The van der Waals surface area contributed by atoms with Crippen molar-refractivity contribution in [2.45, 2.75) is 18.7 Å². The Labute approximate surface area is 120 Å². The van der Waals surface area contributed by atoms with Crippen molar-refractivity contribution in [1.29, 1.82) is 0 Å². The van der Waals surface area contributed by atoms with Crippen LogP contribution in [0.25, 0.3) is 0 Å². The molecule has 0 radical (unpaired) electrons. The first-order chi connectivity index (χ1) is 9.84. The Morgan fingerprint density at radius 2 is 2.19 bits per heavy atom. The van der Waals surface area contributed by atoms with Gasteiger partial charge in [-0.2, -0.15) is 13.2 Å². The number of hydrogen-bond donors (Lipinski definition) is 1. The van der Waals surface area contributed by atoms with Crippen LogP contribution in [0.5, 0.6) is 0 Å². The van der Waals surface area contributed by atoms with Gasteiger partial charge < -0.3 is 14.7 Å². The number of methoxy groups -OCH3 is 1. The highest BCUT2D eigenvalue weighted by molar-refractivity contribution is 5.81. The van der Waals surface area contributed by atoms with E-state index < -0.39 is 24.7 Å². The Morgan fingerprint density at radius 1 is 1.48 bits per heavy atom. The standard InChI is InChI=1S/C13H17F3N2O3/c1-21-9-11(19)8-18(12(20)13(14,15)16)7-5-10-4-2-3-6-17-10/h2-4,6,11,19H,5,7-9H2,1H3/t11-/m1/s1. The highest BCUT2D eigenvalue weighted by Crippen LogP contribution is 2.19. The molecular weight excluding hydrogens is 289 g/mol. The molecule has 0 saturated heterocycles. The Hall–Kier alpha value is -1.67. The summed E-state index contributed by atoms with van der Waals surface area (Å²) < 4.78 is 42.3. The Balaban J connectivity index is 2.69. The Kier molecular flexibility index (Phi) is 6.57. The van der Waals surface area contributed by atoms with E-state index in [1.54, 1.807) is 18.2 Å². The Bertz CT molecular complexity index is 440.